The minimum absolute atomic E-state index is 0.209. The number of aryl methyl sites for hydroxylation is 1. The number of nitro benzene ring substituents is 1. The number of nitrogens with zero attached hydrogens (tertiary/aromatic N) is 2. The van der Waals surface area contributed by atoms with E-state index < -0.39 is 22.3 Å². The van der Waals surface area contributed by atoms with Crippen LogP contribution in [-0.2, 0) is 0 Å². The minimum atomic E-state index is -0.785. The summed E-state index contributed by atoms with van der Waals surface area (Å²) in [7, 11) is 0. The number of halogens is 1. The average Bonchev–Trinajstić information content (AvgIpc) is 2.57. The van der Waals surface area contributed by atoms with Crippen molar-refractivity contribution in [3.63, 3.8) is 0 Å². The molecular weight excluding hydrogens is 313 g/mol. The molecule has 120 valence electrons. The number of benzene rings is 2. The van der Waals surface area contributed by atoms with Crippen LogP contribution in [-0.4, -0.2) is 15.8 Å². The number of hydrogen-bond donors (Lipinski definition) is 1. The van der Waals surface area contributed by atoms with Crippen molar-refractivity contribution >= 4 is 28.2 Å². The average molecular weight is 325 g/mol. The van der Waals surface area contributed by atoms with Gasteiger partial charge in [0.1, 0.15) is 11.4 Å². The SMILES string of the molecule is Cc1ccc(NC(=O)c2ccc(F)cc2[N+](=O)[O-])c2cccnc12. The maximum Gasteiger partial charge on any atom is 0.285 e. The number of rotatable bonds is 3. The van der Waals surface area contributed by atoms with Gasteiger partial charge in [0.15, 0.2) is 0 Å². The summed E-state index contributed by atoms with van der Waals surface area (Å²) >= 11 is 0. The first-order valence-corrected chi connectivity index (χ1v) is 7.07. The molecule has 1 N–H and O–H groups in total. The van der Waals surface area contributed by atoms with Gasteiger partial charge in [0.25, 0.3) is 11.6 Å². The molecule has 6 nitrogen and oxygen atoms in total. The Morgan fingerprint density at radius 1 is 1.25 bits per heavy atom. The molecule has 0 radical (unpaired) electrons. The number of carbonyl (C=O) groups excluding carboxylic acids is 1. The summed E-state index contributed by atoms with van der Waals surface area (Å²) in [5, 5.41) is 14.4. The number of carbonyl (C=O) groups is 1. The number of fused-ring (bicyclic) bond motifs is 1. The van der Waals surface area contributed by atoms with Crippen LogP contribution in [0.25, 0.3) is 10.9 Å². The smallest absolute Gasteiger partial charge is 0.285 e. The first-order valence-electron chi connectivity index (χ1n) is 7.07. The third kappa shape index (κ3) is 2.79. The molecule has 0 aliphatic rings. The molecular formula is C17H12FN3O3. The van der Waals surface area contributed by atoms with E-state index in [0.717, 1.165) is 34.7 Å². The van der Waals surface area contributed by atoms with Crippen molar-refractivity contribution in [2.45, 2.75) is 6.92 Å². The Bertz CT molecular complexity index is 972. The van der Waals surface area contributed by atoms with E-state index in [0.29, 0.717) is 5.69 Å². The summed E-state index contributed by atoms with van der Waals surface area (Å²) in [6.45, 7) is 1.89. The molecule has 24 heavy (non-hydrogen) atoms. The van der Waals surface area contributed by atoms with Crippen LogP contribution < -0.4 is 5.32 Å². The highest BCUT2D eigenvalue weighted by molar-refractivity contribution is 6.10. The summed E-state index contributed by atoms with van der Waals surface area (Å²) in [6.07, 6.45) is 1.64. The number of hydrogen-bond acceptors (Lipinski definition) is 4. The lowest BCUT2D eigenvalue weighted by Crippen LogP contribution is -2.14. The van der Waals surface area contributed by atoms with Gasteiger partial charge in [-0.3, -0.25) is 19.9 Å². The van der Waals surface area contributed by atoms with Gasteiger partial charge in [-0.05, 0) is 42.8 Å². The third-order valence-electron chi connectivity index (χ3n) is 3.62. The number of amides is 1. The monoisotopic (exact) mass is 325 g/mol. The molecule has 3 aromatic rings. The van der Waals surface area contributed by atoms with Crippen molar-refractivity contribution < 1.29 is 14.1 Å². The maximum atomic E-state index is 13.2. The quantitative estimate of drug-likeness (QED) is 0.585. The fraction of sp³-hybridized carbons (Fsp3) is 0.0588. The van der Waals surface area contributed by atoms with Gasteiger partial charge in [-0.15, -0.1) is 0 Å². The van der Waals surface area contributed by atoms with E-state index in [4.69, 9.17) is 0 Å². The normalized spacial score (nSPS) is 10.6. The molecule has 0 aliphatic carbocycles. The van der Waals surface area contributed by atoms with Crippen LogP contribution in [0.3, 0.4) is 0 Å². The van der Waals surface area contributed by atoms with Crippen LogP contribution in [0.5, 0.6) is 0 Å². The molecule has 1 amide bonds. The third-order valence-corrected chi connectivity index (χ3v) is 3.62. The fourth-order valence-electron chi connectivity index (χ4n) is 2.46. The summed E-state index contributed by atoms with van der Waals surface area (Å²) in [5.41, 5.74) is 1.36. The Hall–Kier alpha value is -3.35. The van der Waals surface area contributed by atoms with Gasteiger partial charge in [0, 0.05) is 11.6 Å². The lowest BCUT2D eigenvalue weighted by atomic mass is 10.1. The van der Waals surface area contributed by atoms with Crippen LogP contribution in [0.4, 0.5) is 15.8 Å². The Labute approximate surface area is 136 Å². The summed E-state index contributed by atoms with van der Waals surface area (Å²) < 4.78 is 13.2. The van der Waals surface area contributed by atoms with E-state index in [1.54, 1.807) is 30.5 Å². The van der Waals surface area contributed by atoms with Crippen LogP contribution in [0, 0.1) is 22.9 Å². The van der Waals surface area contributed by atoms with Gasteiger partial charge >= 0.3 is 0 Å². The second-order valence-corrected chi connectivity index (χ2v) is 5.20. The van der Waals surface area contributed by atoms with Crippen molar-refractivity contribution in [1.82, 2.24) is 4.98 Å². The van der Waals surface area contributed by atoms with Crippen molar-refractivity contribution in [1.29, 1.82) is 0 Å². The topological polar surface area (TPSA) is 85.1 Å². The molecule has 0 saturated heterocycles. The predicted octanol–water partition coefficient (Wildman–Crippen LogP) is 3.84. The van der Waals surface area contributed by atoms with E-state index in [2.05, 4.69) is 10.3 Å². The van der Waals surface area contributed by atoms with Crippen molar-refractivity contribution in [2.24, 2.45) is 0 Å². The first-order chi connectivity index (χ1) is 11.5. The number of nitro groups is 1. The van der Waals surface area contributed by atoms with Crippen LogP contribution in [0.2, 0.25) is 0 Å². The van der Waals surface area contributed by atoms with Crippen LogP contribution in [0.1, 0.15) is 15.9 Å². The highest BCUT2D eigenvalue weighted by Gasteiger charge is 2.21. The van der Waals surface area contributed by atoms with E-state index in [1.807, 2.05) is 6.92 Å². The van der Waals surface area contributed by atoms with E-state index >= 15 is 0 Å². The van der Waals surface area contributed by atoms with Gasteiger partial charge in [-0.25, -0.2) is 4.39 Å². The molecule has 0 unspecified atom stereocenters. The molecule has 0 saturated carbocycles. The van der Waals surface area contributed by atoms with Gasteiger partial charge in [-0.1, -0.05) is 6.07 Å². The zero-order valence-corrected chi connectivity index (χ0v) is 12.6. The van der Waals surface area contributed by atoms with Crippen molar-refractivity contribution in [2.75, 3.05) is 5.32 Å². The molecule has 1 heterocycles. The number of anilines is 1. The van der Waals surface area contributed by atoms with E-state index in [-0.39, 0.29) is 5.56 Å². The largest absolute Gasteiger partial charge is 0.321 e. The molecule has 7 heteroatoms. The maximum absolute atomic E-state index is 13.2. The molecule has 1 aromatic heterocycles. The lowest BCUT2D eigenvalue weighted by molar-refractivity contribution is -0.385. The molecule has 3 rings (SSSR count). The molecule has 0 spiro atoms. The first kappa shape index (κ1) is 15.5. The summed E-state index contributed by atoms with van der Waals surface area (Å²) in [4.78, 5) is 26.9. The second kappa shape index (κ2) is 6.04. The van der Waals surface area contributed by atoms with Gasteiger partial charge in [0.05, 0.1) is 22.2 Å². The number of nitrogens with one attached hydrogen (secondary N) is 1. The Morgan fingerprint density at radius 3 is 2.79 bits per heavy atom. The van der Waals surface area contributed by atoms with Crippen molar-refractivity contribution in [3.8, 4) is 0 Å². The zero-order valence-electron chi connectivity index (χ0n) is 12.6. The molecule has 0 aliphatic heterocycles. The van der Waals surface area contributed by atoms with Gasteiger partial charge in [-0.2, -0.15) is 0 Å². The number of pyridine rings is 1. The Balaban J connectivity index is 2.03. The fourth-order valence-corrected chi connectivity index (χ4v) is 2.46. The molecule has 0 fully saturated rings. The zero-order chi connectivity index (χ0) is 17.3. The standard InChI is InChI=1S/C17H12FN3O3/c1-10-4-7-14(12-3-2-8-19-16(10)12)20-17(22)13-6-5-11(18)9-15(13)21(23)24/h2-9H,1H3,(H,20,22). The summed E-state index contributed by atoms with van der Waals surface area (Å²) in [6, 6.07) is 9.86. The Morgan fingerprint density at radius 2 is 2.04 bits per heavy atom. The highest BCUT2D eigenvalue weighted by Crippen LogP contribution is 2.26. The molecule has 2 aromatic carbocycles. The minimum Gasteiger partial charge on any atom is -0.321 e. The van der Waals surface area contributed by atoms with Crippen LogP contribution in [0.15, 0.2) is 48.7 Å². The van der Waals surface area contributed by atoms with E-state index in [1.165, 1.54) is 0 Å². The van der Waals surface area contributed by atoms with Gasteiger partial charge in [0.2, 0.25) is 0 Å². The van der Waals surface area contributed by atoms with Crippen molar-refractivity contribution in [3.05, 3.63) is 75.7 Å². The highest BCUT2D eigenvalue weighted by atomic mass is 19.1. The summed E-state index contributed by atoms with van der Waals surface area (Å²) in [5.74, 6) is -1.46. The van der Waals surface area contributed by atoms with E-state index in [9.17, 15) is 19.3 Å². The number of aromatic nitrogens is 1. The Kier molecular flexibility index (Phi) is 3.91. The molecule has 0 bridgehead atoms. The predicted molar refractivity (Wildman–Crippen MR) is 87.5 cm³/mol. The lowest BCUT2D eigenvalue weighted by Gasteiger charge is -2.10. The van der Waals surface area contributed by atoms with Gasteiger partial charge < -0.3 is 5.32 Å². The molecule has 0 atom stereocenters. The van der Waals surface area contributed by atoms with Crippen LogP contribution >= 0.6 is 0 Å². The second-order valence-electron chi connectivity index (χ2n) is 5.20.